The highest BCUT2D eigenvalue weighted by Crippen LogP contribution is 2.57. The van der Waals surface area contributed by atoms with Crippen molar-refractivity contribution >= 4 is 78.0 Å². The van der Waals surface area contributed by atoms with Crippen LogP contribution in [0.15, 0.2) is 373 Å². The van der Waals surface area contributed by atoms with E-state index >= 15 is 0 Å². The van der Waals surface area contributed by atoms with Crippen molar-refractivity contribution in [2.24, 2.45) is 0 Å². The Balaban J connectivity index is 0.837. The first-order chi connectivity index (χ1) is 47.1. The van der Waals surface area contributed by atoms with Gasteiger partial charge >= 0.3 is 0 Å². The molecule has 2 heterocycles. The third-order valence-corrected chi connectivity index (χ3v) is 19.4. The summed E-state index contributed by atoms with van der Waals surface area (Å²) >= 11 is 0. The van der Waals surface area contributed by atoms with E-state index in [1.807, 2.05) is 12.1 Å². The first-order valence-electron chi connectivity index (χ1n) is 32.5. The monoisotopic (exact) mass is 1210 g/mol. The summed E-state index contributed by atoms with van der Waals surface area (Å²) in [5.41, 5.74) is 27.1. The average molecular weight is 1210 g/mol. The Labute approximate surface area is 551 Å². The van der Waals surface area contributed by atoms with Crippen LogP contribution in [0.4, 0.5) is 34.1 Å². The van der Waals surface area contributed by atoms with E-state index in [0.29, 0.717) is 0 Å². The van der Waals surface area contributed by atoms with E-state index in [0.717, 1.165) is 123 Å². The van der Waals surface area contributed by atoms with Gasteiger partial charge in [-0.05, 0) is 163 Å². The zero-order chi connectivity index (χ0) is 62.8. The molecule has 18 rings (SSSR count). The maximum atomic E-state index is 6.61. The molecule has 1 aliphatic carbocycles. The predicted octanol–water partition coefficient (Wildman–Crippen LogP) is 25.1. The van der Waals surface area contributed by atoms with Crippen LogP contribution in [0.2, 0.25) is 0 Å². The normalized spacial score (nSPS) is 12.3. The lowest BCUT2D eigenvalue weighted by atomic mass is 9.63. The Morgan fingerprint density at radius 2 is 0.505 bits per heavy atom. The second-order valence-corrected chi connectivity index (χ2v) is 24.6. The van der Waals surface area contributed by atoms with Crippen molar-refractivity contribution < 1.29 is 8.83 Å². The predicted molar refractivity (Wildman–Crippen MR) is 395 cm³/mol. The van der Waals surface area contributed by atoms with Crippen molar-refractivity contribution in [2.45, 2.75) is 5.41 Å². The van der Waals surface area contributed by atoms with Gasteiger partial charge in [0.25, 0.3) is 0 Å². The molecule has 0 spiro atoms. The van der Waals surface area contributed by atoms with Gasteiger partial charge in [0.15, 0.2) is 0 Å². The highest BCUT2D eigenvalue weighted by Gasteiger charge is 2.44. The lowest BCUT2D eigenvalue weighted by Gasteiger charge is -2.39. The van der Waals surface area contributed by atoms with Gasteiger partial charge in [-0.15, -0.1) is 0 Å². The minimum absolute atomic E-state index is 0.884. The van der Waals surface area contributed by atoms with E-state index in [1.54, 1.807) is 0 Å². The number of benzene rings is 15. The van der Waals surface area contributed by atoms with Gasteiger partial charge in [0.2, 0.25) is 0 Å². The van der Waals surface area contributed by atoms with Gasteiger partial charge in [0, 0.05) is 66.8 Å². The number of hydrogen-bond donors (Lipinski definition) is 0. The minimum atomic E-state index is -0.895. The average Bonchev–Trinajstić information content (AvgIpc) is 1.70. The van der Waals surface area contributed by atoms with Crippen molar-refractivity contribution in [2.75, 3.05) is 9.80 Å². The maximum Gasteiger partial charge on any atom is 0.143 e. The lowest BCUT2D eigenvalue weighted by Crippen LogP contribution is -2.32. The van der Waals surface area contributed by atoms with E-state index in [2.05, 4.69) is 362 Å². The summed E-state index contributed by atoms with van der Waals surface area (Å²) in [6, 6.07) is 133. The molecular formula is C91H60N2O2. The van der Waals surface area contributed by atoms with E-state index in [9.17, 15) is 0 Å². The van der Waals surface area contributed by atoms with Crippen molar-refractivity contribution in [3.8, 4) is 66.8 Å². The molecule has 4 nitrogen and oxygen atoms in total. The number of rotatable bonds is 12. The molecule has 0 unspecified atom stereocenters. The van der Waals surface area contributed by atoms with Gasteiger partial charge in [-0.3, -0.25) is 0 Å². The van der Waals surface area contributed by atoms with Gasteiger partial charge in [-0.25, -0.2) is 0 Å². The number of anilines is 6. The molecule has 95 heavy (non-hydrogen) atoms. The van der Waals surface area contributed by atoms with Crippen LogP contribution in [-0.4, -0.2) is 0 Å². The molecule has 0 amide bonds. The minimum Gasteiger partial charge on any atom is -0.455 e. The van der Waals surface area contributed by atoms with Crippen LogP contribution >= 0.6 is 0 Å². The highest BCUT2D eigenvalue weighted by atomic mass is 16.3. The smallest absolute Gasteiger partial charge is 0.143 e. The largest absolute Gasteiger partial charge is 0.455 e. The Morgan fingerprint density at radius 1 is 0.200 bits per heavy atom. The summed E-state index contributed by atoms with van der Waals surface area (Å²) in [5, 5.41) is 4.45. The van der Waals surface area contributed by atoms with E-state index in [4.69, 9.17) is 8.83 Å². The highest BCUT2D eigenvalue weighted by molar-refractivity contribution is 6.11. The van der Waals surface area contributed by atoms with Gasteiger partial charge in [-0.2, -0.15) is 0 Å². The number of para-hydroxylation sites is 4. The van der Waals surface area contributed by atoms with Gasteiger partial charge in [-0.1, -0.05) is 279 Å². The molecule has 1 aliphatic rings. The van der Waals surface area contributed by atoms with Gasteiger partial charge < -0.3 is 18.6 Å². The van der Waals surface area contributed by atoms with Crippen LogP contribution in [0, 0.1) is 0 Å². The fourth-order valence-corrected chi connectivity index (χ4v) is 15.0. The summed E-state index contributed by atoms with van der Waals surface area (Å²) in [5.74, 6) is 0. The fourth-order valence-electron chi connectivity index (χ4n) is 15.0. The Morgan fingerprint density at radius 3 is 0.916 bits per heavy atom. The third kappa shape index (κ3) is 9.37. The van der Waals surface area contributed by atoms with Crippen molar-refractivity contribution in [3.63, 3.8) is 0 Å². The number of furan rings is 2. The standard InChI is InChI=1S/C91H60N2O2/c1-3-21-61(22-4-1)63-43-51-69(52-44-63)92(71-55-47-65(48-56-71)75-35-19-37-83-81-33-11-15-41-87(81)94-89(75)83)73-27-17-25-67(59-73)91(85-39-13-9-31-79(85)77-29-7-8-30-78(77)80-32-10-14-40-86(80)91)68-26-18-28-74(60-68)93(70-53-45-64(46-54-70)62-23-5-2-6-24-62)72-57-49-66(50-58-72)76-36-20-38-84-82-34-12-16-42-88(82)95-90(76)84/h1-60H. The molecule has 0 aliphatic heterocycles. The molecule has 0 bridgehead atoms. The van der Waals surface area contributed by atoms with Crippen LogP contribution in [0.3, 0.4) is 0 Å². The maximum absolute atomic E-state index is 6.61. The zero-order valence-corrected chi connectivity index (χ0v) is 51.9. The Hall–Kier alpha value is -12.5. The number of hydrogen-bond acceptors (Lipinski definition) is 4. The van der Waals surface area contributed by atoms with Gasteiger partial charge in [0.1, 0.15) is 22.3 Å². The number of nitrogens with zero attached hydrogens (tertiary/aromatic N) is 2. The number of fused-ring (bicyclic) bond motifs is 11. The molecule has 2 aromatic heterocycles. The first kappa shape index (κ1) is 55.4. The van der Waals surface area contributed by atoms with Crippen LogP contribution in [0.1, 0.15) is 22.3 Å². The second kappa shape index (κ2) is 23.0. The summed E-state index contributed by atoms with van der Waals surface area (Å²) in [7, 11) is 0. The van der Waals surface area contributed by atoms with Crippen molar-refractivity contribution in [3.05, 3.63) is 386 Å². The van der Waals surface area contributed by atoms with Crippen LogP contribution < -0.4 is 9.80 Å². The summed E-state index contributed by atoms with van der Waals surface area (Å²) in [6.07, 6.45) is 0. The molecule has 0 atom stereocenters. The molecule has 0 fully saturated rings. The summed E-state index contributed by atoms with van der Waals surface area (Å²) < 4.78 is 13.2. The molecule has 15 aromatic carbocycles. The Bertz CT molecular complexity index is 5350. The fraction of sp³-hybridized carbons (Fsp3) is 0.0110. The van der Waals surface area contributed by atoms with Gasteiger partial charge in [0.05, 0.1) is 5.41 Å². The topological polar surface area (TPSA) is 32.8 Å². The van der Waals surface area contributed by atoms with E-state index in [1.165, 1.54) is 44.5 Å². The van der Waals surface area contributed by atoms with E-state index in [-0.39, 0.29) is 0 Å². The lowest BCUT2D eigenvalue weighted by molar-refractivity contribution is 0.669. The summed E-state index contributed by atoms with van der Waals surface area (Å²) in [4.78, 5) is 4.83. The SMILES string of the molecule is c1ccc(-c2ccc(N(c3ccc(-c4cccc5c4oc4ccccc45)cc3)c3cccc(C4(c5cccc(N(c6ccc(-c7ccccc7)cc6)c6ccc(-c7cccc8c7oc7ccccc78)cc6)c5)c5ccccc5-c5ccccc5-c5ccccc54)c3)cc2)cc1. The van der Waals surface area contributed by atoms with Crippen LogP contribution in [0.25, 0.3) is 111 Å². The molecule has 0 saturated heterocycles. The molecule has 4 heteroatoms. The summed E-state index contributed by atoms with van der Waals surface area (Å²) in [6.45, 7) is 0. The molecule has 0 radical (unpaired) electrons. The van der Waals surface area contributed by atoms with E-state index < -0.39 is 5.41 Å². The van der Waals surface area contributed by atoms with Crippen molar-refractivity contribution in [1.82, 2.24) is 0 Å². The molecule has 17 aromatic rings. The zero-order valence-electron chi connectivity index (χ0n) is 51.9. The first-order valence-corrected chi connectivity index (χ1v) is 32.5. The Kier molecular flexibility index (Phi) is 13.4. The molecule has 0 N–H and O–H groups in total. The molecule has 0 saturated carbocycles. The third-order valence-electron chi connectivity index (χ3n) is 19.4. The van der Waals surface area contributed by atoms with Crippen LogP contribution in [-0.2, 0) is 5.41 Å². The van der Waals surface area contributed by atoms with Crippen molar-refractivity contribution in [1.29, 1.82) is 0 Å². The van der Waals surface area contributed by atoms with Crippen LogP contribution in [0.5, 0.6) is 0 Å². The second-order valence-electron chi connectivity index (χ2n) is 24.6. The molecule has 446 valence electrons. The quantitative estimate of drug-likeness (QED) is 0.122. The molecular weight excluding hydrogens is 1150 g/mol.